The Morgan fingerprint density at radius 1 is 1.65 bits per heavy atom. The van der Waals surface area contributed by atoms with E-state index in [2.05, 4.69) is 5.32 Å². The van der Waals surface area contributed by atoms with Gasteiger partial charge in [-0.1, -0.05) is 24.0 Å². The second-order valence-corrected chi connectivity index (χ2v) is 4.94. The molecule has 1 aliphatic rings. The molecule has 7 heteroatoms. The summed E-state index contributed by atoms with van der Waals surface area (Å²) >= 11 is 6.36. The number of carbonyl (C=O) groups excluding carboxylic acids is 2. The Morgan fingerprint density at radius 3 is 3.06 bits per heavy atom. The minimum absolute atomic E-state index is 0.00718. The molecule has 0 radical (unpaired) electrons. The van der Waals surface area contributed by atoms with Crippen LogP contribution in [0.2, 0.25) is 0 Å². The van der Waals surface area contributed by atoms with Crippen LogP contribution in [0.25, 0.3) is 0 Å². The van der Waals surface area contributed by atoms with Crippen LogP contribution in [0.4, 0.5) is 0 Å². The van der Waals surface area contributed by atoms with Crippen molar-refractivity contribution in [3.8, 4) is 0 Å². The number of nitrogens with one attached hydrogen (secondary N) is 1. The van der Waals surface area contributed by atoms with Gasteiger partial charge in [0.2, 0.25) is 5.91 Å². The summed E-state index contributed by atoms with van der Waals surface area (Å²) in [5.41, 5.74) is 0. The van der Waals surface area contributed by atoms with Crippen LogP contribution >= 0.6 is 24.0 Å². The van der Waals surface area contributed by atoms with Crippen molar-refractivity contribution in [3.63, 3.8) is 0 Å². The average molecular weight is 270 g/mol. The summed E-state index contributed by atoms with van der Waals surface area (Å²) in [5, 5.41) is 2.66. The number of carbonyl (C=O) groups is 2. The van der Waals surface area contributed by atoms with Gasteiger partial charge in [-0.3, -0.25) is 14.5 Å². The van der Waals surface area contributed by atoms with Gasteiger partial charge in [0.25, 0.3) is 5.91 Å². The number of thiocarbonyl (C=S) groups is 1. The molecule has 1 aromatic rings. The predicted octanol–water partition coefficient (Wildman–Crippen LogP) is 0.870. The summed E-state index contributed by atoms with van der Waals surface area (Å²) in [7, 11) is 0. The molecule has 0 unspecified atom stereocenters. The Bertz CT molecular complexity index is 428. The fraction of sp³-hybridized carbons (Fsp3) is 0.300. The van der Waals surface area contributed by atoms with Gasteiger partial charge >= 0.3 is 0 Å². The quantitative estimate of drug-likeness (QED) is 0.823. The van der Waals surface area contributed by atoms with E-state index in [0.717, 1.165) is 0 Å². The summed E-state index contributed by atoms with van der Waals surface area (Å²) in [6.07, 6.45) is 1.44. The molecular formula is C10H10N2O3S2. The third kappa shape index (κ3) is 2.86. The van der Waals surface area contributed by atoms with Crippen LogP contribution in [0.15, 0.2) is 22.8 Å². The zero-order valence-corrected chi connectivity index (χ0v) is 10.5. The second-order valence-electron chi connectivity index (χ2n) is 3.33. The van der Waals surface area contributed by atoms with Gasteiger partial charge in [-0.2, -0.15) is 0 Å². The number of hydrogen-bond donors (Lipinski definition) is 1. The molecule has 0 spiro atoms. The summed E-state index contributed by atoms with van der Waals surface area (Å²) in [4.78, 5) is 24.4. The van der Waals surface area contributed by atoms with E-state index in [9.17, 15) is 9.59 Å². The predicted molar refractivity (Wildman–Crippen MR) is 67.8 cm³/mol. The molecule has 0 aromatic carbocycles. The molecule has 1 aliphatic heterocycles. The number of thioether (sulfide) groups is 1. The van der Waals surface area contributed by atoms with Crippen molar-refractivity contribution in [2.24, 2.45) is 0 Å². The van der Waals surface area contributed by atoms with Gasteiger partial charge in [0.1, 0.15) is 4.32 Å². The lowest BCUT2D eigenvalue weighted by molar-refractivity contribution is -0.123. The Morgan fingerprint density at radius 2 is 2.47 bits per heavy atom. The van der Waals surface area contributed by atoms with Gasteiger partial charge in [0.15, 0.2) is 5.76 Å². The van der Waals surface area contributed by atoms with E-state index in [1.54, 1.807) is 12.1 Å². The van der Waals surface area contributed by atoms with Crippen LogP contribution < -0.4 is 5.32 Å². The Balaban J connectivity index is 1.78. The summed E-state index contributed by atoms with van der Waals surface area (Å²) < 4.78 is 5.51. The first-order valence-corrected chi connectivity index (χ1v) is 6.36. The van der Waals surface area contributed by atoms with E-state index in [0.29, 0.717) is 23.2 Å². The van der Waals surface area contributed by atoms with Gasteiger partial charge in [-0.05, 0) is 12.1 Å². The molecule has 1 saturated heterocycles. The van der Waals surface area contributed by atoms with E-state index in [1.165, 1.54) is 22.9 Å². The molecule has 2 amide bonds. The third-order valence-electron chi connectivity index (χ3n) is 2.21. The second kappa shape index (κ2) is 5.33. The van der Waals surface area contributed by atoms with Crippen LogP contribution in [0, 0.1) is 0 Å². The zero-order valence-electron chi connectivity index (χ0n) is 8.84. The van der Waals surface area contributed by atoms with Gasteiger partial charge in [-0.25, -0.2) is 0 Å². The molecule has 1 aromatic heterocycles. The third-order valence-corrected chi connectivity index (χ3v) is 3.64. The lowest BCUT2D eigenvalue weighted by atomic mass is 10.4. The number of amides is 2. The molecule has 0 atom stereocenters. The van der Waals surface area contributed by atoms with Crippen molar-refractivity contribution in [2.45, 2.75) is 0 Å². The Labute approximate surface area is 108 Å². The molecule has 0 bridgehead atoms. The monoisotopic (exact) mass is 270 g/mol. The molecule has 1 N–H and O–H groups in total. The maximum absolute atomic E-state index is 11.5. The van der Waals surface area contributed by atoms with Gasteiger partial charge in [-0.15, -0.1) is 0 Å². The van der Waals surface area contributed by atoms with E-state index >= 15 is 0 Å². The molecule has 0 saturated carbocycles. The summed E-state index contributed by atoms with van der Waals surface area (Å²) in [5.74, 6) is 0.354. The topological polar surface area (TPSA) is 62.6 Å². The Kier molecular flexibility index (Phi) is 3.80. The molecule has 2 heterocycles. The van der Waals surface area contributed by atoms with Crippen molar-refractivity contribution in [1.29, 1.82) is 0 Å². The molecule has 90 valence electrons. The van der Waals surface area contributed by atoms with Crippen molar-refractivity contribution in [1.82, 2.24) is 10.2 Å². The highest BCUT2D eigenvalue weighted by molar-refractivity contribution is 8.23. The SMILES string of the molecule is O=C(NCCN1C(=O)CSC1=S)c1ccco1. The van der Waals surface area contributed by atoms with E-state index < -0.39 is 0 Å². The first-order valence-electron chi connectivity index (χ1n) is 4.97. The van der Waals surface area contributed by atoms with Crippen LogP contribution in [0.1, 0.15) is 10.6 Å². The van der Waals surface area contributed by atoms with Crippen LogP contribution in [-0.4, -0.2) is 39.9 Å². The van der Waals surface area contributed by atoms with Crippen molar-refractivity contribution in [3.05, 3.63) is 24.2 Å². The van der Waals surface area contributed by atoms with Crippen molar-refractivity contribution >= 4 is 40.1 Å². The van der Waals surface area contributed by atoms with Crippen LogP contribution in [0.5, 0.6) is 0 Å². The standard InChI is InChI=1S/C10H10N2O3S2/c13-8-6-17-10(16)12(8)4-3-11-9(14)7-2-1-5-15-7/h1-2,5H,3-4,6H2,(H,11,14). The molecule has 2 rings (SSSR count). The number of rotatable bonds is 4. The lowest BCUT2D eigenvalue weighted by Crippen LogP contribution is -2.37. The van der Waals surface area contributed by atoms with Gasteiger partial charge in [0, 0.05) is 13.1 Å². The largest absolute Gasteiger partial charge is 0.459 e. The lowest BCUT2D eigenvalue weighted by Gasteiger charge is -2.14. The van der Waals surface area contributed by atoms with E-state index in [1.807, 2.05) is 0 Å². The minimum Gasteiger partial charge on any atom is -0.459 e. The van der Waals surface area contributed by atoms with Gasteiger partial charge < -0.3 is 9.73 Å². The van der Waals surface area contributed by atoms with E-state index in [-0.39, 0.29) is 17.6 Å². The van der Waals surface area contributed by atoms with Gasteiger partial charge in [0.05, 0.1) is 12.0 Å². The molecule has 0 aliphatic carbocycles. The minimum atomic E-state index is -0.291. The molecular weight excluding hydrogens is 260 g/mol. The highest BCUT2D eigenvalue weighted by Crippen LogP contribution is 2.18. The highest BCUT2D eigenvalue weighted by atomic mass is 32.2. The van der Waals surface area contributed by atoms with Crippen LogP contribution in [-0.2, 0) is 4.79 Å². The normalized spacial score (nSPS) is 15.4. The van der Waals surface area contributed by atoms with E-state index in [4.69, 9.17) is 16.6 Å². The Hall–Kier alpha value is -1.34. The molecule has 5 nitrogen and oxygen atoms in total. The average Bonchev–Trinajstić information content (AvgIpc) is 2.93. The van der Waals surface area contributed by atoms with Crippen molar-refractivity contribution < 1.29 is 14.0 Å². The first kappa shape index (κ1) is 12.1. The smallest absolute Gasteiger partial charge is 0.287 e. The molecule has 17 heavy (non-hydrogen) atoms. The number of nitrogens with zero attached hydrogens (tertiary/aromatic N) is 1. The first-order chi connectivity index (χ1) is 8.18. The fourth-order valence-corrected chi connectivity index (χ4v) is 2.49. The maximum atomic E-state index is 11.5. The highest BCUT2D eigenvalue weighted by Gasteiger charge is 2.26. The number of hydrogen-bond acceptors (Lipinski definition) is 5. The maximum Gasteiger partial charge on any atom is 0.287 e. The number of furan rings is 1. The fourth-order valence-electron chi connectivity index (χ4n) is 1.37. The van der Waals surface area contributed by atoms with Crippen LogP contribution in [0.3, 0.4) is 0 Å². The summed E-state index contributed by atoms with van der Waals surface area (Å²) in [6.45, 7) is 0.753. The molecule has 1 fully saturated rings. The van der Waals surface area contributed by atoms with Crippen molar-refractivity contribution in [2.75, 3.05) is 18.8 Å². The zero-order chi connectivity index (χ0) is 12.3. The summed E-state index contributed by atoms with van der Waals surface area (Å²) in [6, 6.07) is 3.22.